The molecule has 1 unspecified atom stereocenters. The van der Waals surface area contributed by atoms with E-state index in [4.69, 9.17) is 5.11 Å². The number of benzene rings is 1. The van der Waals surface area contributed by atoms with Gasteiger partial charge in [0.2, 0.25) is 0 Å². The fraction of sp³-hybridized carbons (Fsp3) is 0.389. The third kappa shape index (κ3) is 3.56. The van der Waals surface area contributed by atoms with Gasteiger partial charge in [0, 0.05) is 30.3 Å². The lowest BCUT2D eigenvalue weighted by Crippen LogP contribution is -2.39. The molecule has 1 aromatic carbocycles. The molecule has 132 valence electrons. The van der Waals surface area contributed by atoms with Crippen LogP contribution in [0.3, 0.4) is 0 Å². The Bertz CT molecular complexity index is 813. The fourth-order valence-corrected chi connectivity index (χ4v) is 3.34. The average Bonchev–Trinajstić information content (AvgIpc) is 2.90. The molecule has 0 saturated heterocycles. The highest BCUT2D eigenvalue weighted by molar-refractivity contribution is 5.97. The molecule has 0 fully saturated rings. The van der Waals surface area contributed by atoms with Crippen molar-refractivity contribution < 1.29 is 19.8 Å². The zero-order valence-corrected chi connectivity index (χ0v) is 14.0. The first-order valence-electron chi connectivity index (χ1n) is 8.29. The number of imidazole rings is 1. The number of amides is 1. The molecule has 0 spiro atoms. The van der Waals surface area contributed by atoms with Crippen molar-refractivity contribution >= 4 is 11.9 Å². The predicted octanol–water partition coefficient (Wildman–Crippen LogP) is 1.17. The number of carbonyl (C=O) groups is 2. The van der Waals surface area contributed by atoms with Gasteiger partial charge in [0.05, 0.1) is 17.9 Å². The Morgan fingerprint density at radius 1 is 1.36 bits per heavy atom. The molecule has 3 rings (SSSR count). The van der Waals surface area contributed by atoms with Crippen LogP contribution in [0, 0.1) is 6.92 Å². The zero-order chi connectivity index (χ0) is 18.0. The van der Waals surface area contributed by atoms with Crippen LogP contribution in [0.2, 0.25) is 0 Å². The summed E-state index contributed by atoms with van der Waals surface area (Å²) in [5, 5.41) is 21.2. The van der Waals surface area contributed by atoms with Crippen molar-refractivity contribution in [2.75, 3.05) is 6.61 Å². The predicted molar refractivity (Wildman–Crippen MR) is 90.7 cm³/mol. The Morgan fingerprint density at radius 3 is 2.84 bits per heavy atom. The number of aromatic nitrogens is 2. The lowest BCUT2D eigenvalue weighted by Gasteiger charge is -2.24. The van der Waals surface area contributed by atoms with Gasteiger partial charge in [0.15, 0.2) is 0 Å². The molecule has 0 radical (unpaired) electrons. The maximum atomic E-state index is 12.4. The highest BCUT2D eigenvalue weighted by Gasteiger charge is 2.25. The van der Waals surface area contributed by atoms with Gasteiger partial charge in [-0.05, 0) is 38.0 Å². The van der Waals surface area contributed by atoms with E-state index in [0.29, 0.717) is 18.5 Å². The van der Waals surface area contributed by atoms with E-state index in [-0.39, 0.29) is 24.1 Å². The molecule has 0 saturated carbocycles. The van der Waals surface area contributed by atoms with Crippen molar-refractivity contribution in [3.8, 4) is 0 Å². The minimum atomic E-state index is -1.05. The van der Waals surface area contributed by atoms with Crippen molar-refractivity contribution in [3.05, 3.63) is 52.6 Å². The molecular formula is C18H21N3O4. The van der Waals surface area contributed by atoms with Gasteiger partial charge in [0.1, 0.15) is 5.82 Å². The van der Waals surface area contributed by atoms with Crippen molar-refractivity contribution in [2.45, 2.75) is 38.8 Å². The summed E-state index contributed by atoms with van der Waals surface area (Å²) < 4.78 is 2.03. The molecule has 25 heavy (non-hydrogen) atoms. The number of nitrogens with one attached hydrogen (secondary N) is 1. The number of aliphatic hydroxyl groups is 1. The molecule has 2 aromatic rings. The van der Waals surface area contributed by atoms with Crippen LogP contribution < -0.4 is 5.32 Å². The maximum Gasteiger partial charge on any atom is 0.335 e. The Kier molecular flexibility index (Phi) is 4.85. The summed E-state index contributed by atoms with van der Waals surface area (Å²) in [7, 11) is 0. The van der Waals surface area contributed by atoms with Crippen LogP contribution in [0.15, 0.2) is 24.3 Å². The standard InChI is InChI=1S/C18H21N3O4/c1-11-19-15-10-14(5-6-16(15)21(11)7-8-22)20-17(23)12-3-2-4-13(9-12)18(24)25/h2-4,9,14,22H,5-8,10H2,1H3,(H,20,23)(H,24,25). The Labute approximate surface area is 145 Å². The normalized spacial score (nSPS) is 16.3. The molecule has 1 aromatic heterocycles. The third-order valence-electron chi connectivity index (χ3n) is 4.55. The number of nitrogens with zero attached hydrogens (tertiary/aromatic N) is 2. The topological polar surface area (TPSA) is 104 Å². The number of aromatic carboxylic acids is 1. The molecule has 1 heterocycles. The third-order valence-corrected chi connectivity index (χ3v) is 4.55. The summed E-state index contributed by atoms with van der Waals surface area (Å²) in [5.74, 6) is -0.454. The van der Waals surface area contributed by atoms with Crippen LogP contribution in [0.25, 0.3) is 0 Å². The Morgan fingerprint density at radius 2 is 2.12 bits per heavy atom. The molecule has 3 N–H and O–H groups in total. The number of hydrogen-bond donors (Lipinski definition) is 3. The van der Waals surface area contributed by atoms with Crippen molar-refractivity contribution in [3.63, 3.8) is 0 Å². The monoisotopic (exact) mass is 343 g/mol. The number of aliphatic hydroxyl groups excluding tert-OH is 1. The summed E-state index contributed by atoms with van der Waals surface area (Å²) in [6.07, 6.45) is 2.21. The van der Waals surface area contributed by atoms with E-state index in [1.54, 1.807) is 12.1 Å². The number of carboxylic acid groups (broad SMARTS) is 1. The molecular weight excluding hydrogens is 322 g/mol. The van der Waals surface area contributed by atoms with Crippen LogP contribution in [-0.2, 0) is 19.4 Å². The first kappa shape index (κ1) is 17.2. The smallest absolute Gasteiger partial charge is 0.335 e. The van der Waals surface area contributed by atoms with E-state index in [1.165, 1.54) is 12.1 Å². The molecule has 7 nitrogen and oxygen atoms in total. The van der Waals surface area contributed by atoms with E-state index in [0.717, 1.165) is 30.1 Å². The lowest BCUT2D eigenvalue weighted by atomic mass is 9.95. The van der Waals surface area contributed by atoms with Gasteiger partial charge in [-0.3, -0.25) is 4.79 Å². The molecule has 1 aliphatic carbocycles. The second kappa shape index (κ2) is 7.06. The van der Waals surface area contributed by atoms with Gasteiger partial charge in [-0.15, -0.1) is 0 Å². The van der Waals surface area contributed by atoms with Crippen LogP contribution in [0.4, 0.5) is 0 Å². The minimum Gasteiger partial charge on any atom is -0.478 e. The quantitative estimate of drug-likeness (QED) is 0.756. The second-order valence-corrected chi connectivity index (χ2v) is 6.23. The van der Waals surface area contributed by atoms with Crippen LogP contribution in [-0.4, -0.2) is 44.3 Å². The van der Waals surface area contributed by atoms with Gasteiger partial charge < -0.3 is 20.1 Å². The van der Waals surface area contributed by atoms with E-state index in [9.17, 15) is 14.7 Å². The Hall–Kier alpha value is -2.67. The van der Waals surface area contributed by atoms with Gasteiger partial charge in [-0.25, -0.2) is 9.78 Å². The van der Waals surface area contributed by atoms with Crippen LogP contribution >= 0.6 is 0 Å². The first-order valence-corrected chi connectivity index (χ1v) is 8.29. The van der Waals surface area contributed by atoms with Gasteiger partial charge in [0.25, 0.3) is 5.91 Å². The van der Waals surface area contributed by atoms with Crippen molar-refractivity contribution in [2.24, 2.45) is 0 Å². The van der Waals surface area contributed by atoms with E-state index in [2.05, 4.69) is 10.3 Å². The second-order valence-electron chi connectivity index (χ2n) is 6.23. The molecule has 7 heteroatoms. The molecule has 1 atom stereocenters. The Balaban J connectivity index is 1.71. The highest BCUT2D eigenvalue weighted by Crippen LogP contribution is 2.23. The molecule has 0 aliphatic heterocycles. The summed E-state index contributed by atoms with van der Waals surface area (Å²) >= 11 is 0. The molecule has 1 amide bonds. The molecule has 0 bridgehead atoms. The summed E-state index contributed by atoms with van der Waals surface area (Å²) in [6.45, 7) is 2.52. The van der Waals surface area contributed by atoms with Gasteiger partial charge in [-0.2, -0.15) is 0 Å². The average molecular weight is 343 g/mol. The van der Waals surface area contributed by atoms with E-state index >= 15 is 0 Å². The van der Waals surface area contributed by atoms with Gasteiger partial charge >= 0.3 is 5.97 Å². The zero-order valence-electron chi connectivity index (χ0n) is 14.0. The number of hydrogen-bond acceptors (Lipinski definition) is 4. The molecule has 1 aliphatic rings. The summed E-state index contributed by atoms with van der Waals surface area (Å²) in [4.78, 5) is 28.0. The summed E-state index contributed by atoms with van der Waals surface area (Å²) in [5.41, 5.74) is 2.52. The number of aryl methyl sites for hydroxylation is 1. The van der Waals surface area contributed by atoms with Crippen molar-refractivity contribution in [1.82, 2.24) is 14.9 Å². The first-order chi connectivity index (χ1) is 12.0. The van der Waals surface area contributed by atoms with Crippen molar-refractivity contribution in [1.29, 1.82) is 0 Å². The summed E-state index contributed by atoms with van der Waals surface area (Å²) in [6, 6.07) is 5.98. The van der Waals surface area contributed by atoms with Crippen LogP contribution in [0.1, 0.15) is 44.3 Å². The van der Waals surface area contributed by atoms with E-state index < -0.39 is 5.97 Å². The number of rotatable bonds is 5. The number of carbonyl (C=O) groups excluding carboxylic acids is 1. The minimum absolute atomic E-state index is 0.0367. The number of carboxylic acids is 1. The van der Waals surface area contributed by atoms with Gasteiger partial charge in [-0.1, -0.05) is 6.07 Å². The van der Waals surface area contributed by atoms with E-state index in [1.807, 2.05) is 11.5 Å². The lowest BCUT2D eigenvalue weighted by molar-refractivity contribution is 0.0697. The SMILES string of the molecule is Cc1nc2c(n1CCO)CCC(NC(=O)c1cccc(C(=O)O)c1)C2. The largest absolute Gasteiger partial charge is 0.478 e. The maximum absolute atomic E-state index is 12.4. The highest BCUT2D eigenvalue weighted by atomic mass is 16.4. The van der Waals surface area contributed by atoms with Crippen LogP contribution in [0.5, 0.6) is 0 Å². The fourth-order valence-electron chi connectivity index (χ4n) is 3.34. The number of fused-ring (bicyclic) bond motifs is 1.